The van der Waals surface area contributed by atoms with E-state index < -0.39 is 0 Å². The molecule has 0 bridgehead atoms. The van der Waals surface area contributed by atoms with Gasteiger partial charge in [0.15, 0.2) is 17.5 Å². The Bertz CT molecular complexity index is 3650. The standard InChI is InChI=1S/C67H45N5/c1-6-23-46(24-7-1)59-60(47-25-8-2-9-26-47)63(57-39-16-18-41-68-57)64(58-40-17-19-42-69-58)61(48-27-10-3-11-28-48)62(59)55-37-21-35-53(44-55)51-33-20-34-52(43-51)54-36-22-38-56(45-54)67-71-65(49-29-12-4-13-30-49)70-66(72-67)50-31-14-5-15-32-50/h1-45H. The topological polar surface area (TPSA) is 64.5 Å². The summed E-state index contributed by atoms with van der Waals surface area (Å²) in [6.07, 6.45) is 3.77. The maximum Gasteiger partial charge on any atom is 0.164 e. The van der Waals surface area contributed by atoms with Crippen LogP contribution in [0.5, 0.6) is 0 Å². The largest absolute Gasteiger partial charge is 0.256 e. The van der Waals surface area contributed by atoms with Gasteiger partial charge in [0.25, 0.3) is 0 Å². The Labute approximate surface area is 419 Å². The van der Waals surface area contributed by atoms with Crippen LogP contribution in [-0.4, -0.2) is 24.9 Å². The van der Waals surface area contributed by atoms with Crippen molar-refractivity contribution in [1.29, 1.82) is 0 Å². The molecule has 0 aliphatic rings. The summed E-state index contributed by atoms with van der Waals surface area (Å²) < 4.78 is 0. The second kappa shape index (κ2) is 19.7. The van der Waals surface area contributed by atoms with Crippen molar-refractivity contribution in [1.82, 2.24) is 24.9 Å². The summed E-state index contributed by atoms with van der Waals surface area (Å²) in [5.74, 6) is 1.88. The number of hydrogen-bond acceptors (Lipinski definition) is 5. The fourth-order valence-corrected chi connectivity index (χ4v) is 9.76. The Morgan fingerprint density at radius 1 is 0.181 bits per heavy atom. The molecule has 0 fully saturated rings. The molecular formula is C67H45N5. The van der Waals surface area contributed by atoms with Crippen LogP contribution in [0.25, 0.3) is 123 Å². The SMILES string of the molecule is c1ccc(-c2nc(-c3ccccc3)nc(-c3cccc(-c4cccc(-c5cccc(-c6c(-c7ccccc7)c(-c7ccccc7)c(-c7ccccn7)c(-c7ccccn7)c6-c6ccccc6)c5)c4)c3)n2)cc1. The Balaban J connectivity index is 1.06. The van der Waals surface area contributed by atoms with Crippen LogP contribution in [0.3, 0.4) is 0 Å². The highest BCUT2D eigenvalue weighted by Crippen LogP contribution is 2.55. The predicted octanol–water partition coefficient (Wildman–Crippen LogP) is 17.0. The molecule has 5 nitrogen and oxygen atoms in total. The van der Waals surface area contributed by atoms with Gasteiger partial charge in [-0.2, -0.15) is 0 Å². The Morgan fingerprint density at radius 2 is 0.444 bits per heavy atom. The maximum absolute atomic E-state index is 5.12. The molecule has 0 aliphatic carbocycles. The molecule has 3 aromatic heterocycles. The first-order chi connectivity index (χ1) is 35.7. The number of benzene rings is 9. The van der Waals surface area contributed by atoms with E-state index in [1.807, 2.05) is 85.2 Å². The van der Waals surface area contributed by atoms with Crippen molar-refractivity contribution < 1.29 is 0 Å². The monoisotopic (exact) mass is 919 g/mol. The molecule has 0 unspecified atom stereocenters. The molecule has 0 atom stereocenters. The minimum Gasteiger partial charge on any atom is -0.256 e. The van der Waals surface area contributed by atoms with Crippen LogP contribution in [-0.2, 0) is 0 Å². The van der Waals surface area contributed by atoms with E-state index in [4.69, 9.17) is 24.9 Å². The lowest BCUT2D eigenvalue weighted by Crippen LogP contribution is -2.03. The summed E-state index contributed by atoms with van der Waals surface area (Å²) in [5.41, 5.74) is 19.6. The summed E-state index contributed by atoms with van der Waals surface area (Å²) >= 11 is 0. The number of pyridine rings is 2. The average Bonchev–Trinajstić information content (AvgIpc) is 3.48. The zero-order valence-corrected chi connectivity index (χ0v) is 39.2. The lowest BCUT2D eigenvalue weighted by molar-refractivity contribution is 1.07. The van der Waals surface area contributed by atoms with Gasteiger partial charge in [0, 0.05) is 51.3 Å². The Morgan fingerprint density at radius 3 is 0.819 bits per heavy atom. The minimum atomic E-state index is 0.617. The highest BCUT2D eigenvalue weighted by atomic mass is 15.0. The van der Waals surface area contributed by atoms with Gasteiger partial charge >= 0.3 is 0 Å². The molecule has 72 heavy (non-hydrogen) atoms. The molecule has 0 N–H and O–H groups in total. The molecule has 12 rings (SSSR count). The van der Waals surface area contributed by atoms with Gasteiger partial charge in [-0.05, 0) is 98.1 Å². The molecule has 9 aromatic carbocycles. The molecule has 0 spiro atoms. The minimum absolute atomic E-state index is 0.617. The van der Waals surface area contributed by atoms with Crippen LogP contribution in [0.4, 0.5) is 0 Å². The molecule has 338 valence electrons. The van der Waals surface area contributed by atoms with Crippen molar-refractivity contribution in [3.8, 4) is 123 Å². The highest BCUT2D eigenvalue weighted by molar-refractivity contribution is 6.14. The van der Waals surface area contributed by atoms with Gasteiger partial charge in [0.05, 0.1) is 11.4 Å². The third-order valence-corrected chi connectivity index (χ3v) is 13.0. The molecule has 0 saturated heterocycles. The summed E-state index contributed by atoms with van der Waals surface area (Å²) in [4.78, 5) is 25.2. The van der Waals surface area contributed by atoms with Crippen molar-refractivity contribution >= 4 is 0 Å². The van der Waals surface area contributed by atoms with Gasteiger partial charge in [-0.25, -0.2) is 15.0 Å². The van der Waals surface area contributed by atoms with Crippen molar-refractivity contribution in [2.75, 3.05) is 0 Å². The van der Waals surface area contributed by atoms with Crippen LogP contribution in [0.1, 0.15) is 0 Å². The number of rotatable bonds is 11. The van der Waals surface area contributed by atoms with Gasteiger partial charge in [-0.15, -0.1) is 0 Å². The second-order valence-electron chi connectivity index (χ2n) is 17.6. The second-order valence-corrected chi connectivity index (χ2v) is 17.6. The molecular weight excluding hydrogens is 875 g/mol. The molecule has 0 aliphatic heterocycles. The highest BCUT2D eigenvalue weighted by Gasteiger charge is 2.30. The van der Waals surface area contributed by atoms with Gasteiger partial charge in [-0.1, -0.05) is 218 Å². The number of aromatic nitrogens is 5. The Hall–Kier alpha value is -9.71. The van der Waals surface area contributed by atoms with E-state index in [-0.39, 0.29) is 0 Å². The van der Waals surface area contributed by atoms with Gasteiger partial charge in [0.1, 0.15) is 0 Å². The summed E-state index contributed by atoms with van der Waals surface area (Å²) in [6.45, 7) is 0. The van der Waals surface area contributed by atoms with E-state index in [0.29, 0.717) is 17.5 Å². The fraction of sp³-hybridized carbons (Fsp3) is 0. The molecule has 5 heteroatoms. The van der Waals surface area contributed by atoms with E-state index in [1.54, 1.807) is 0 Å². The quantitative estimate of drug-likeness (QED) is 0.129. The molecule has 3 heterocycles. The van der Waals surface area contributed by atoms with Crippen molar-refractivity contribution in [3.63, 3.8) is 0 Å². The first-order valence-corrected chi connectivity index (χ1v) is 24.2. The first-order valence-electron chi connectivity index (χ1n) is 24.2. The van der Waals surface area contributed by atoms with Crippen LogP contribution in [0.2, 0.25) is 0 Å². The van der Waals surface area contributed by atoms with Gasteiger partial charge in [0.2, 0.25) is 0 Å². The lowest BCUT2D eigenvalue weighted by atomic mass is 9.75. The smallest absolute Gasteiger partial charge is 0.164 e. The van der Waals surface area contributed by atoms with E-state index in [1.165, 1.54) is 0 Å². The van der Waals surface area contributed by atoms with Gasteiger partial charge in [-0.3, -0.25) is 9.97 Å². The van der Waals surface area contributed by atoms with Gasteiger partial charge < -0.3 is 0 Å². The predicted molar refractivity (Wildman–Crippen MR) is 295 cm³/mol. The van der Waals surface area contributed by atoms with Crippen LogP contribution < -0.4 is 0 Å². The van der Waals surface area contributed by atoms with E-state index in [9.17, 15) is 0 Å². The van der Waals surface area contributed by atoms with Crippen molar-refractivity contribution in [2.24, 2.45) is 0 Å². The maximum atomic E-state index is 5.12. The van der Waals surface area contributed by atoms with Crippen LogP contribution in [0, 0.1) is 0 Å². The number of hydrogen-bond donors (Lipinski definition) is 0. The van der Waals surface area contributed by atoms with E-state index in [0.717, 1.165) is 106 Å². The summed E-state index contributed by atoms with van der Waals surface area (Å²) in [7, 11) is 0. The molecule has 0 saturated carbocycles. The van der Waals surface area contributed by atoms with E-state index in [2.05, 4.69) is 188 Å². The third kappa shape index (κ3) is 8.68. The van der Waals surface area contributed by atoms with E-state index >= 15 is 0 Å². The average molecular weight is 920 g/mol. The fourth-order valence-electron chi connectivity index (χ4n) is 9.76. The molecule has 0 radical (unpaired) electrons. The first kappa shape index (κ1) is 43.6. The van der Waals surface area contributed by atoms with Crippen LogP contribution >= 0.6 is 0 Å². The third-order valence-electron chi connectivity index (χ3n) is 13.0. The normalized spacial score (nSPS) is 11.1. The summed E-state index contributed by atoms with van der Waals surface area (Å²) in [5, 5.41) is 0. The van der Waals surface area contributed by atoms with Crippen molar-refractivity contribution in [3.05, 3.63) is 273 Å². The Kier molecular flexibility index (Phi) is 11.9. The van der Waals surface area contributed by atoms with Crippen LogP contribution in [0.15, 0.2) is 273 Å². The molecule has 0 amide bonds. The molecule has 12 aromatic rings. The zero-order valence-electron chi connectivity index (χ0n) is 39.2. The van der Waals surface area contributed by atoms with Crippen molar-refractivity contribution in [2.45, 2.75) is 0 Å². The zero-order chi connectivity index (χ0) is 48.1. The summed E-state index contributed by atoms with van der Waals surface area (Å²) in [6, 6.07) is 91.1. The number of nitrogens with zero attached hydrogens (tertiary/aromatic N) is 5. The lowest BCUT2D eigenvalue weighted by Gasteiger charge is -2.28.